The van der Waals surface area contributed by atoms with Gasteiger partial charge in [-0.15, -0.1) is 44.1 Å². The summed E-state index contributed by atoms with van der Waals surface area (Å²) in [5.74, 6) is 7.20. The number of hydrogen-bond donors (Lipinski definition) is 1. The average Bonchev–Trinajstić information content (AvgIpc) is 1.71. The molecule has 16 bridgehead atoms. The second-order valence-corrected chi connectivity index (χ2v) is 41.4. The van der Waals surface area contributed by atoms with Gasteiger partial charge in [-0.3, -0.25) is 0 Å². The van der Waals surface area contributed by atoms with Crippen molar-refractivity contribution in [3.05, 3.63) is 283 Å². The Hall–Kier alpha value is -11.0. The number of hydrogen-bond acceptors (Lipinski definition) is 5. The molecule has 0 radical (unpaired) electrons. The molecule has 122 heavy (non-hydrogen) atoms. The molecule has 0 spiro atoms. The van der Waals surface area contributed by atoms with Crippen LogP contribution in [0.25, 0.3) is 160 Å². The van der Waals surface area contributed by atoms with E-state index in [1.807, 2.05) is 12.1 Å². The third-order valence-corrected chi connectivity index (χ3v) is 23.8. The molecule has 12 aromatic rings. The normalized spacial score (nSPS) is 13.4. The Morgan fingerprint density at radius 2 is 0.443 bits per heavy atom. The first kappa shape index (κ1) is 87.4. The summed E-state index contributed by atoms with van der Waals surface area (Å²) < 4.78 is 0. The van der Waals surface area contributed by atoms with Crippen LogP contribution in [0, 0.1) is 11.8 Å². The van der Waals surface area contributed by atoms with Crippen molar-refractivity contribution in [2.75, 3.05) is 0 Å². The minimum Gasteiger partial charge on any atom is -0.657 e. The summed E-state index contributed by atoms with van der Waals surface area (Å²) >= 11 is 0. The van der Waals surface area contributed by atoms with Crippen molar-refractivity contribution in [1.29, 1.82) is 0 Å². The van der Waals surface area contributed by atoms with Crippen LogP contribution in [0.2, 0.25) is 0 Å². The molecule has 9 nitrogen and oxygen atoms in total. The van der Waals surface area contributed by atoms with Crippen LogP contribution in [0.5, 0.6) is 0 Å². The van der Waals surface area contributed by atoms with Crippen molar-refractivity contribution in [1.82, 2.24) is 39.9 Å². The van der Waals surface area contributed by atoms with Gasteiger partial charge in [-0.25, -0.2) is 19.9 Å². The Morgan fingerprint density at radius 1 is 0.238 bits per heavy atom. The van der Waals surface area contributed by atoms with Crippen LogP contribution in [-0.4, -0.2) is 25.0 Å². The van der Waals surface area contributed by atoms with E-state index in [-0.39, 0.29) is 76.3 Å². The summed E-state index contributed by atoms with van der Waals surface area (Å²) in [5, 5.41) is 14.0. The number of nitrogens with zero attached hydrogens (tertiary/aromatic N) is 8. The Balaban J connectivity index is 0.00000607. The topological polar surface area (TPSA) is 128 Å². The zero-order valence-corrected chi connectivity index (χ0v) is 77.1. The summed E-state index contributed by atoms with van der Waals surface area (Å²) in [4.78, 5) is 45.9. The maximum atomic E-state index is 14.0. The van der Waals surface area contributed by atoms with E-state index in [9.17, 15) is 5.11 Å². The second-order valence-electron chi connectivity index (χ2n) is 41.4. The molecule has 0 amide bonds. The summed E-state index contributed by atoms with van der Waals surface area (Å²) in [5.41, 5.74) is 31.1. The zero-order valence-electron chi connectivity index (χ0n) is 75.2. The third-order valence-electron chi connectivity index (χ3n) is 23.8. The Bertz CT molecular complexity index is 6460. The molecule has 0 fully saturated rings. The molecule has 0 saturated heterocycles. The molecule has 1 atom stereocenters. The van der Waals surface area contributed by atoms with Crippen LogP contribution in [0.15, 0.2) is 182 Å². The number of aromatic nitrogens is 8. The number of rotatable bonds is 7. The van der Waals surface area contributed by atoms with E-state index >= 15 is 0 Å². The molecule has 4 aliphatic rings. The molecule has 16 rings (SSSR count). The molecular weight excluding hydrogens is 1580 g/mol. The predicted molar refractivity (Wildman–Crippen MR) is 508 cm³/mol. The van der Waals surface area contributed by atoms with E-state index in [1.165, 1.54) is 44.5 Å². The van der Waals surface area contributed by atoms with Crippen LogP contribution in [-0.2, 0) is 76.3 Å². The van der Waals surface area contributed by atoms with Gasteiger partial charge in [0, 0.05) is 11.1 Å². The van der Waals surface area contributed by atoms with Gasteiger partial charge in [-0.1, -0.05) is 360 Å². The molecular formula is C111H112N8Ni2O. The van der Waals surface area contributed by atoms with Crippen molar-refractivity contribution >= 4 is 92.7 Å². The Labute approximate surface area is 742 Å². The fourth-order valence-electron chi connectivity index (χ4n) is 16.4. The van der Waals surface area contributed by atoms with Crippen LogP contribution in [0.3, 0.4) is 0 Å². The Kier molecular flexibility index (Phi) is 23.0. The van der Waals surface area contributed by atoms with Crippen molar-refractivity contribution in [2.45, 2.75) is 216 Å². The standard InChI is InChI=1S/C111H112N8O.2Ni/c1-104(2,3)71-53-67(54-72(61-71)105(4,5)6)99-86-38-36-80(112-86)79(81-37-39-87(113-81)100(68-55-73(106(7,8)9)62-74(56-68)107(10,11)12)89-45-41-83(115-89)97(65-31-27-25-28-32-65)82-40-44-88(99)114-82)35-52-96(120)103-94-50-48-92(118-94)101(69-57-75(108(13,14)15)63-76(58-69)109(16,17)18)90-46-42-84(116-90)98(66-33-29-26-30-34-66)85-43-47-91(117-85)102(93-49-51-95(103)119-93)70-59-77(110(19,20)21)64-78(60-70)111(22,23)24;;/h25-34,36-51,53-64,96,120H,1-24H3;;/q-4;2*+2. The molecule has 11 heteroatoms. The van der Waals surface area contributed by atoms with E-state index in [0.29, 0.717) is 56.0 Å². The summed E-state index contributed by atoms with van der Waals surface area (Å²) in [6.45, 7) is 54.5. The first-order valence-corrected chi connectivity index (χ1v) is 42.4. The first-order valence-electron chi connectivity index (χ1n) is 42.4. The van der Waals surface area contributed by atoms with Gasteiger partial charge in [0.05, 0.1) is 45.6 Å². The third kappa shape index (κ3) is 17.4. The molecule has 6 aromatic carbocycles. The van der Waals surface area contributed by atoms with E-state index in [4.69, 9.17) is 39.9 Å². The minimum atomic E-state index is -1.51. The van der Waals surface area contributed by atoms with Gasteiger partial charge in [0.1, 0.15) is 6.10 Å². The molecule has 10 heterocycles. The molecule has 622 valence electrons. The quantitative estimate of drug-likeness (QED) is 0.123. The molecule has 0 aliphatic carbocycles. The summed E-state index contributed by atoms with van der Waals surface area (Å²) in [6, 6.07) is 65.7. The first-order chi connectivity index (χ1) is 56.4. The fraction of sp³-hybridized carbons (Fsp3) is 0.297. The van der Waals surface area contributed by atoms with Crippen LogP contribution < -0.4 is 19.9 Å². The number of fused-ring (bicyclic) bond motifs is 16. The number of benzene rings is 6. The van der Waals surface area contributed by atoms with Gasteiger partial charge in [0.2, 0.25) is 0 Å². The largest absolute Gasteiger partial charge is 2.00 e. The molecule has 1 N–H and O–H groups in total. The van der Waals surface area contributed by atoms with E-state index < -0.39 is 6.10 Å². The molecule has 0 saturated carbocycles. The van der Waals surface area contributed by atoms with Crippen LogP contribution in [0.4, 0.5) is 0 Å². The van der Waals surface area contributed by atoms with Crippen molar-refractivity contribution in [3.63, 3.8) is 0 Å². The number of aliphatic hydroxyl groups is 1. The van der Waals surface area contributed by atoms with E-state index in [1.54, 1.807) is 0 Å². The minimum absolute atomic E-state index is 0. The summed E-state index contributed by atoms with van der Waals surface area (Å²) in [6.07, 6.45) is 15.3. The van der Waals surface area contributed by atoms with Crippen LogP contribution >= 0.6 is 0 Å². The van der Waals surface area contributed by atoms with E-state index in [2.05, 4.69) is 396 Å². The fourth-order valence-corrected chi connectivity index (χ4v) is 16.4. The molecule has 1 unspecified atom stereocenters. The van der Waals surface area contributed by atoms with Crippen molar-refractivity contribution in [2.24, 2.45) is 0 Å². The van der Waals surface area contributed by atoms with Crippen molar-refractivity contribution in [3.8, 4) is 78.6 Å². The Morgan fingerprint density at radius 3 is 0.713 bits per heavy atom. The van der Waals surface area contributed by atoms with Gasteiger partial charge in [-0.05, 0) is 203 Å². The monoisotopic (exact) mass is 1690 g/mol. The van der Waals surface area contributed by atoms with Gasteiger partial charge in [-0.2, -0.15) is 0 Å². The SMILES string of the molecule is CC(C)(C)c1cc(-c2c3nc(c(-c4ccccc4)c4ccc([n-]4)c(-c4cc(C(C)(C)C)cc(C(C)(C)C)c4)c4nc(c(C#CC(O)c5c6nc(c(-c7cc(C(C)(C)C)cc(C(C)(C)C)c7)c7ccc([n-]7)c(-c7ccccc7)c7nc(c(-c8cc(C(C)(C)C)cc(C(C)(C)C)c8)c8ccc5[n-]8)C=C7)C=C6)c5ccc2[n-]5)C=C4)C=C3)cc(C(C)(C)C)c1.[Ni+2].[Ni+2]. The van der Waals surface area contributed by atoms with Crippen molar-refractivity contribution < 1.29 is 38.1 Å². The zero-order chi connectivity index (χ0) is 85.5. The smallest absolute Gasteiger partial charge is 0.657 e. The van der Waals surface area contributed by atoms with Crippen LogP contribution in [0.1, 0.15) is 273 Å². The average molecular weight is 1690 g/mol. The van der Waals surface area contributed by atoms with Gasteiger partial charge >= 0.3 is 33.0 Å². The summed E-state index contributed by atoms with van der Waals surface area (Å²) in [7, 11) is 0. The molecule has 4 aliphatic heterocycles. The maximum Gasteiger partial charge on any atom is 2.00 e. The second kappa shape index (κ2) is 32.0. The predicted octanol–water partition coefficient (Wildman–Crippen LogP) is 27.6. The van der Waals surface area contributed by atoms with Gasteiger partial charge < -0.3 is 25.0 Å². The van der Waals surface area contributed by atoms with E-state index in [0.717, 1.165) is 112 Å². The molecule has 6 aromatic heterocycles. The maximum absolute atomic E-state index is 14.0. The van der Waals surface area contributed by atoms with Gasteiger partial charge in [0.25, 0.3) is 0 Å². The number of aliphatic hydroxyl groups excluding tert-OH is 1. The van der Waals surface area contributed by atoms with Gasteiger partial charge in [0.15, 0.2) is 0 Å².